The van der Waals surface area contributed by atoms with Gasteiger partial charge in [0.05, 0.1) is 22.0 Å². The third-order valence-electron chi connectivity index (χ3n) is 4.88. The minimum atomic E-state index is -0.227. The van der Waals surface area contributed by atoms with Crippen LogP contribution in [-0.4, -0.2) is 15.6 Å². The number of allylic oxidation sites excluding steroid dienone is 1. The van der Waals surface area contributed by atoms with Gasteiger partial charge >= 0.3 is 0 Å². The van der Waals surface area contributed by atoms with Crippen LogP contribution in [0, 0.1) is 6.92 Å². The molecule has 0 amide bonds. The first-order chi connectivity index (χ1) is 16.5. The fraction of sp³-hybridized carbons (Fsp3) is 0.0400. The second-order valence-corrected chi connectivity index (χ2v) is 8.01. The summed E-state index contributed by atoms with van der Waals surface area (Å²) >= 11 is 12.4. The molecule has 4 aromatic rings. The number of hydrogen-bond acceptors (Lipinski definition) is 4. The van der Waals surface area contributed by atoms with Gasteiger partial charge in [0.25, 0.3) is 0 Å². The molecule has 0 bridgehead atoms. The highest BCUT2D eigenvalue weighted by molar-refractivity contribution is 6.35. The zero-order valence-electron chi connectivity index (χ0n) is 17.9. The van der Waals surface area contributed by atoms with Crippen LogP contribution in [0.5, 0.6) is 11.6 Å². The molecule has 1 aromatic heterocycles. The Bertz CT molecular complexity index is 1420. The molecule has 0 aliphatic carbocycles. The number of aromatic nitrogens is 2. The lowest BCUT2D eigenvalue weighted by Crippen LogP contribution is -2.00. The van der Waals surface area contributed by atoms with Crippen molar-refractivity contribution in [1.82, 2.24) is 9.78 Å². The molecule has 0 aliphatic rings. The molecule has 0 fully saturated rings. The van der Waals surface area contributed by atoms with Crippen molar-refractivity contribution >= 4 is 40.7 Å². The number of rotatable bonds is 7. The highest BCUT2D eigenvalue weighted by atomic mass is 35.5. The molecule has 0 saturated carbocycles. The smallest absolute Gasteiger partial charge is 0.230 e. The maximum atomic E-state index is 12.7. The van der Waals surface area contributed by atoms with E-state index in [9.17, 15) is 4.79 Å². The van der Waals surface area contributed by atoms with E-state index < -0.39 is 0 Å². The van der Waals surface area contributed by atoms with Gasteiger partial charge in [0.1, 0.15) is 5.75 Å². The fourth-order valence-electron chi connectivity index (χ4n) is 3.21. The molecule has 7 nitrogen and oxygen atoms in total. The summed E-state index contributed by atoms with van der Waals surface area (Å²) in [6.07, 6.45) is 3.10. The first-order valence-electron chi connectivity index (χ1n) is 10.1. The van der Waals surface area contributed by atoms with Crippen molar-refractivity contribution in [3.05, 3.63) is 116 Å². The Labute approximate surface area is 205 Å². The summed E-state index contributed by atoms with van der Waals surface area (Å²) in [7, 11) is 0. The number of halogens is 2. The van der Waals surface area contributed by atoms with Gasteiger partial charge < -0.3 is 4.74 Å². The highest BCUT2D eigenvalue weighted by Gasteiger charge is 2.19. The van der Waals surface area contributed by atoms with Crippen molar-refractivity contribution in [2.45, 2.75) is 6.92 Å². The summed E-state index contributed by atoms with van der Waals surface area (Å²) in [6.45, 7) is 1.83. The van der Waals surface area contributed by atoms with Crippen molar-refractivity contribution in [2.24, 2.45) is 5.11 Å². The zero-order valence-corrected chi connectivity index (χ0v) is 19.4. The Morgan fingerprint density at radius 1 is 1.09 bits per heavy atom. The number of ether oxygens (including phenoxy) is 1. The van der Waals surface area contributed by atoms with Gasteiger partial charge in [-0.3, -0.25) is 4.79 Å². The van der Waals surface area contributed by atoms with Gasteiger partial charge in [-0.05, 0) is 54.9 Å². The number of aryl methyl sites for hydroxylation is 1. The molecule has 4 rings (SSSR count). The molecule has 0 aliphatic heterocycles. The SMILES string of the molecule is Cc1nn(-c2ccccc2)c(Oc2ccc(Cl)cc2Cl)c1/C=C/C(=O)c1ccc(N=[N+]=[N-])cc1. The number of para-hydroxylation sites is 1. The van der Waals surface area contributed by atoms with E-state index in [0.717, 1.165) is 5.69 Å². The van der Waals surface area contributed by atoms with Gasteiger partial charge in [-0.1, -0.05) is 70.8 Å². The van der Waals surface area contributed by atoms with Crippen LogP contribution in [-0.2, 0) is 0 Å². The van der Waals surface area contributed by atoms with Crippen LogP contribution in [0.15, 0.2) is 84.0 Å². The van der Waals surface area contributed by atoms with E-state index in [1.807, 2.05) is 37.3 Å². The quantitative estimate of drug-likeness (QED) is 0.0861. The largest absolute Gasteiger partial charge is 0.437 e. The Morgan fingerprint density at radius 3 is 2.50 bits per heavy atom. The Balaban J connectivity index is 1.73. The summed E-state index contributed by atoms with van der Waals surface area (Å²) in [6, 6.07) is 20.8. The van der Waals surface area contributed by atoms with Gasteiger partial charge in [-0.15, -0.1) is 0 Å². The molecule has 0 atom stereocenters. The maximum Gasteiger partial charge on any atom is 0.230 e. The van der Waals surface area contributed by atoms with Crippen molar-refractivity contribution in [1.29, 1.82) is 0 Å². The van der Waals surface area contributed by atoms with Crippen LogP contribution in [0.4, 0.5) is 5.69 Å². The molecular formula is C25H17Cl2N5O2. The first kappa shape index (κ1) is 23.1. The number of carbonyl (C=O) groups excluding carboxylic acids is 1. The average Bonchev–Trinajstić information content (AvgIpc) is 3.15. The number of nitrogens with zero attached hydrogens (tertiary/aromatic N) is 5. The van der Waals surface area contributed by atoms with Gasteiger partial charge in [-0.2, -0.15) is 9.78 Å². The van der Waals surface area contributed by atoms with E-state index in [0.29, 0.717) is 44.2 Å². The second-order valence-electron chi connectivity index (χ2n) is 7.16. The normalized spacial score (nSPS) is 10.8. The minimum Gasteiger partial charge on any atom is -0.437 e. The molecule has 9 heteroatoms. The van der Waals surface area contributed by atoms with E-state index in [4.69, 9.17) is 33.5 Å². The number of ketones is 1. The van der Waals surface area contributed by atoms with Gasteiger partial charge in [0.2, 0.25) is 5.88 Å². The molecule has 0 unspecified atom stereocenters. The molecular weight excluding hydrogens is 473 g/mol. The Morgan fingerprint density at radius 2 is 1.82 bits per heavy atom. The predicted molar refractivity (Wildman–Crippen MR) is 133 cm³/mol. The van der Waals surface area contributed by atoms with Gasteiger partial charge in [0.15, 0.2) is 5.78 Å². The van der Waals surface area contributed by atoms with E-state index in [1.165, 1.54) is 6.08 Å². The van der Waals surface area contributed by atoms with E-state index in [2.05, 4.69) is 15.1 Å². The second kappa shape index (κ2) is 10.3. The summed E-state index contributed by atoms with van der Waals surface area (Å²) in [4.78, 5) is 15.5. The maximum absolute atomic E-state index is 12.7. The summed E-state index contributed by atoms with van der Waals surface area (Å²) < 4.78 is 7.84. The van der Waals surface area contributed by atoms with Crippen LogP contribution in [0.3, 0.4) is 0 Å². The van der Waals surface area contributed by atoms with Crippen LogP contribution in [0.1, 0.15) is 21.6 Å². The van der Waals surface area contributed by atoms with Gasteiger partial charge in [-0.25, -0.2) is 0 Å². The standard InChI is InChI=1S/C25H17Cl2N5O2/c1-16-21(12-13-23(33)17-7-10-19(11-8-17)29-31-28)25(32(30-16)20-5-3-2-4-6-20)34-24-14-9-18(26)15-22(24)27/h2-15H,1H3/b13-12+. The number of benzene rings is 3. The van der Waals surface area contributed by atoms with E-state index >= 15 is 0 Å². The molecule has 0 saturated heterocycles. The molecule has 34 heavy (non-hydrogen) atoms. The average molecular weight is 490 g/mol. The molecule has 0 spiro atoms. The third-order valence-corrected chi connectivity index (χ3v) is 5.41. The minimum absolute atomic E-state index is 0.227. The Kier molecular flexibility index (Phi) is 6.99. The number of hydrogen-bond donors (Lipinski definition) is 0. The van der Waals surface area contributed by atoms with Crippen LogP contribution in [0.25, 0.3) is 22.2 Å². The van der Waals surface area contributed by atoms with Crippen molar-refractivity contribution < 1.29 is 9.53 Å². The van der Waals surface area contributed by atoms with Crippen molar-refractivity contribution in [3.63, 3.8) is 0 Å². The van der Waals surface area contributed by atoms with E-state index in [-0.39, 0.29) is 5.78 Å². The monoisotopic (exact) mass is 489 g/mol. The zero-order chi connectivity index (χ0) is 24.1. The van der Waals surface area contributed by atoms with Crippen LogP contribution >= 0.6 is 23.2 Å². The Hall–Kier alpha value is -4.03. The summed E-state index contributed by atoms with van der Waals surface area (Å²) in [5, 5.41) is 8.97. The number of azide groups is 1. The fourth-order valence-corrected chi connectivity index (χ4v) is 3.66. The van der Waals surface area contributed by atoms with E-state index in [1.54, 1.807) is 53.2 Å². The summed E-state index contributed by atoms with van der Waals surface area (Å²) in [5.74, 6) is 0.572. The molecule has 0 N–H and O–H groups in total. The highest BCUT2D eigenvalue weighted by Crippen LogP contribution is 2.36. The molecule has 1 heterocycles. The number of carbonyl (C=O) groups is 1. The molecule has 3 aromatic carbocycles. The lowest BCUT2D eigenvalue weighted by Gasteiger charge is -2.11. The summed E-state index contributed by atoms with van der Waals surface area (Å²) in [5.41, 5.74) is 11.5. The predicted octanol–water partition coefficient (Wildman–Crippen LogP) is 8.12. The first-order valence-corrected chi connectivity index (χ1v) is 10.9. The lowest BCUT2D eigenvalue weighted by molar-refractivity contribution is 0.104. The van der Waals surface area contributed by atoms with Crippen molar-refractivity contribution in [3.8, 4) is 17.3 Å². The molecule has 168 valence electrons. The molecule has 0 radical (unpaired) electrons. The topological polar surface area (TPSA) is 92.9 Å². The van der Waals surface area contributed by atoms with Gasteiger partial charge in [0, 0.05) is 21.2 Å². The third kappa shape index (κ3) is 5.13. The lowest BCUT2D eigenvalue weighted by atomic mass is 10.1. The van der Waals surface area contributed by atoms with Crippen molar-refractivity contribution in [2.75, 3.05) is 0 Å². The van der Waals surface area contributed by atoms with Crippen LogP contribution < -0.4 is 4.74 Å². The van der Waals surface area contributed by atoms with Crippen LogP contribution in [0.2, 0.25) is 10.0 Å².